The number of amides is 3. The SMILES string of the molecule is CN(C)C(=O)Sc1ccccc1NC(=O)CCNC(=O)c1ccc(F)cc1F. The van der Waals surface area contributed by atoms with Gasteiger partial charge in [-0.25, -0.2) is 8.78 Å². The Kier molecular flexibility index (Phi) is 7.51. The van der Waals surface area contributed by atoms with Crippen molar-refractivity contribution in [2.75, 3.05) is 26.0 Å². The lowest BCUT2D eigenvalue weighted by atomic mass is 10.2. The monoisotopic (exact) mass is 407 g/mol. The molecule has 0 spiro atoms. The summed E-state index contributed by atoms with van der Waals surface area (Å²) in [5.74, 6) is -2.88. The van der Waals surface area contributed by atoms with Crippen LogP contribution in [-0.4, -0.2) is 42.6 Å². The van der Waals surface area contributed by atoms with Crippen LogP contribution in [0.25, 0.3) is 0 Å². The molecule has 0 aliphatic heterocycles. The maximum absolute atomic E-state index is 13.6. The van der Waals surface area contributed by atoms with E-state index in [1.165, 1.54) is 4.90 Å². The Bertz CT molecular complexity index is 890. The first kappa shape index (κ1) is 21.4. The van der Waals surface area contributed by atoms with Crippen molar-refractivity contribution < 1.29 is 23.2 Å². The Morgan fingerprint density at radius 2 is 1.79 bits per heavy atom. The van der Waals surface area contributed by atoms with Gasteiger partial charge in [-0.05, 0) is 36.0 Å². The molecule has 28 heavy (non-hydrogen) atoms. The molecule has 0 fully saturated rings. The summed E-state index contributed by atoms with van der Waals surface area (Å²) in [5.41, 5.74) is 0.175. The highest BCUT2D eigenvalue weighted by atomic mass is 32.2. The summed E-state index contributed by atoms with van der Waals surface area (Å²) in [4.78, 5) is 37.9. The molecule has 9 heteroatoms. The van der Waals surface area contributed by atoms with Gasteiger partial charge in [-0.3, -0.25) is 14.4 Å². The van der Waals surface area contributed by atoms with E-state index in [9.17, 15) is 23.2 Å². The number of thioether (sulfide) groups is 1. The van der Waals surface area contributed by atoms with Crippen molar-refractivity contribution in [3.05, 3.63) is 59.7 Å². The van der Waals surface area contributed by atoms with Crippen molar-refractivity contribution in [3.63, 3.8) is 0 Å². The van der Waals surface area contributed by atoms with E-state index < -0.39 is 17.5 Å². The van der Waals surface area contributed by atoms with Gasteiger partial charge in [0.05, 0.1) is 11.3 Å². The van der Waals surface area contributed by atoms with Crippen LogP contribution in [0.5, 0.6) is 0 Å². The van der Waals surface area contributed by atoms with Crippen LogP contribution in [0.4, 0.5) is 19.3 Å². The van der Waals surface area contributed by atoms with Crippen molar-refractivity contribution in [3.8, 4) is 0 Å². The number of benzene rings is 2. The first-order valence-electron chi connectivity index (χ1n) is 8.29. The third-order valence-electron chi connectivity index (χ3n) is 3.54. The molecule has 0 aliphatic carbocycles. The highest BCUT2D eigenvalue weighted by molar-refractivity contribution is 8.13. The topological polar surface area (TPSA) is 78.5 Å². The lowest BCUT2D eigenvalue weighted by Crippen LogP contribution is -2.28. The lowest BCUT2D eigenvalue weighted by Gasteiger charge is -2.13. The molecule has 0 bridgehead atoms. The molecule has 0 aliphatic rings. The molecule has 2 aromatic rings. The van der Waals surface area contributed by atoms with E-state index in [4.69, 9.17) is 0 Å². The van der Waals surface area contributed by atoms with E-state index in [0.29, 0.717) is 16.6 Å². The van der Waals surface area contributed by atoms with Gasteiger partial charge < -0.3 is 15.5 Å². The lowest BCUT2D eigenvalue weighted by molar-refractivity contribution is -0.116. The minimum atomic E-state index is -0.974. The fraction of sp³-hybridized carbons (Fsp3) is 0.211. The van der Waals surface area contributed by atoms with Gasteiger partial charge in [-0.2, -0.15) is 0 Å². The Morgan fingerprint density at radius 3 is 2.46 bits per heavy atom. The van der Waals surface area contributed by atoms with Crippen molar-refractivity contribution in [1.82, 2.24) is 10.2 Å². The summed E-state index contributed by atoms with van der Waals surface area (Å²) in [6.07, 6.45) is -0.0603. The number of para-hydroxylation sites is 1. The van der Waals surface area contributed by atoms with Gasteiger partial charge in [0.2, 0.25) is 5.91 Å². The molecule has 2 aromatic carbocycles. The third kappa shape index (κ3) is 6.05. The molecule has 6 nitrogen and oxygen atoms in total. The second-order valence-electron chi connectivity index (χ2n) is 5.94. The highest BCUT2D eigenvalue weighted by Gasteiger charge is 2.14. The summed E-state index contributed by atoms with van der Waals surface area (Å²) in [7, 11) is 3.26. The summed E-state index contributed by atoms with van der Waals surface area (Å²) in [6, 6.07) is 9.47. The second kappa shape index (κ2) is 9.84. The zero-order valence-corrected chi connectivity index (χ0v) is 16.1. The second-order valence-corrected chi connectivity index (χ2v) is 6.93. The Morgan fingerprint density at radius 1 is 1.07 bits per heavy atom. The fourth-order valence-corrected chi connectivity index (χ4v) is 2.86. The van der Waals surface area contributed by atoms with Crippen LogP contribution in [0, 0.1) is 11.6 Å². The number of nitrogens with one attached hydrogen (secondary N) is 2. The summed E-state index contributed by atoms with van der Waals surface area (Å²) >= 11 is 0.979. The highest BCUT2D eigenvalue weighted by Crippen LogP contribution is 2.28. The minimum Gasteiger partial charge on any atom is -0.351 e. The molecule has 3 amide bonds. The zero-order valence-electron chi connectivity index (χ0n) is 15.3. The molecular formula is C19H19F2N3O3S. The average molecular weight is 407 g/mol. The average Bonchev–Trinajstić information content (AvgIpc) is 2.63. The first-order chi connectivity index (χ1) is 13.3. The molecule has 0 heterocycles. The molecule has 0 atom stereocenters. The minimum absolute atomic E-state index is 0.0343. The number of anilines is 1. The fourth-order valence-electron chi connectivity index (χ4n) is 2.12. The third-order valence-corrected chi connectivity index (χ3v) is 4.65. The van der Waals surface area contributed by atoms with E-state index in [0.717, 1.165) is 23.9 Å². The number of hydrogen-bond donors (Lipinski definition) is 2. The predicted molar refractivity (Wildman–Crippen MR) is 103 cm³/mol. The molecule has 0 saturated carbocycles. The van der Waals surface area contributed by atoms with Gasteiger partial charge in [0, 0.05) is 38.0 Å². The number of carbonyl (C=O) groups excluding carboxylic acids is 3. The van der Waals surface area contributed by atoms with E-state index in [1.807, 2.05) is 0 Å². The van der Waals surface area contributed by atoms with Crippen molar-refractivity contribution >= 4 is 34.5 Å². The standard InChI is InChI=1S/C19H19F2N3O3S/c1-24(2)19(27)28-16-6-4-3-5-15(16)23-17(25)9-10-22-18(26)13-8-7-12(20)11-14(13)21/h3-8,11H,9-10H2,1-2H3,(H,22,26)(H,23,25). The molecule has 0 unspecified atom stereocenters. The van der Waals surface area contributed by atoms with Crippen molar-refractivity contribution in [1.29, 1.82) is 0 Å². The maximum atomic E-state index is 13.6. The van der Waals surface area contributed by atoms with Crippen LogP contribution in [0.3, 0.4) is 0 Å². The predicted octanol–water partition coefficient (Wildman–Crippen LogP) is 3.50. The van der Waals surface area contributed by atoms with Gasteiger partial charge in [0.15, 0.2) is 0 Å². The Hall–Kier alpha value is -2.94. The zero-order chi connectivity index (χ0) is 20.7. The smallest absolute Gasteiger partial charge is 0.286 e. The van der Waals surface area contributed by atoms with Gasteiger partial charge in [0.25, 0.3) is 11.1 Å². The molecule has 148 valence electrons. The first-order valence-corrected chi connectivity index (χ1v) is 9.11. The van der Waals surface area contributed by atoms with Crippen LogP contribution < -0.4 is 10.6 Å². The largest absolute Gasteiger partial charge is 0.351 e. The Balaban J connectivity index is 1.89. The Labute approximate surface area is 165 Å². The molecule has 0 radical (unpaired) electrons. The molecule has 2 N–H and O–H groups in total. The number of rotatable bonds is 6. The molecular weight excluding hydrogens is 388 g/mol. The summed E-state index contributed by atoms with van der Waals surface area (Å²) < 4.78 is 26.4. The molecule has 0 saturated heterocycles. The van der Waals surface area contributed by atoms with E-state index in [2.05, 4.69) is 10.6 Å². The normalized spacial score (nSPS) is 10.3. The van der Waals surface area contributed by atoms with Gasteiger partial charge in [-0.15, -0.1) is 0 Å². The maximum Gasteiger partial charge on any atom is 0.286 e. The van der Waals surface area contributed by atoms with Crippen LogP contribution in [-0.2, 0) is 4.79 Å². The van der Waals surface area contributed by atoms with Crippen molar-refractivity contribution in [2.24, 2.45) is 0 Å². The van der Waals surface area contributed by atoms with Gasteiger partial charge in [0.1, 0.15) is 11.6 Å². The van der Waals surface area contributed by atoms with Crippen LogP contribution in [0.15, 0.2) is 47.4 Å². The number of nitrogens with zero attached hydrogens (tertiary/aromatic N) is 1. The quantitative estimate of drug-likeness (QED) is 0.719. The van der Waals surface area contributed by atoms with E-state index >= 15 is 0 Å². The van der Waals surface area contributed by atoms with Crippen LogP contribution in [0.2, 0.25) is 0 Å². The summed E-state index contributed by atoms with van der Waals surface area (Å²) in [6.45, 7) is -0.0343. The van der Waals surface area contributed by atoms with Gasteiger partial charge >= 0.3 is 0 Å². The number of halogens is 2. The number of carbonyl (C=O) groups is 3. The summed E-state index contributed by atoms with van der Waals surface area (Å²) in [5, 5.41) is 4.91. The van der Waals surface area contributed by atoms with Crippen LogP contribution >= 0.6 is 11.8 Å². The number of hydrogen-bond acceptors (Lipinski definition) is 4. The van der Waals surface area contributed by atoms with Crippen LogP contribution in [0.1, 0.15) is 16.8 Å². The van der Waals surface area contributed by atoms with Gasteiger partial charge in [-0.1, -0.05) is 12.1 Å². The molecule has 2 rings (SSSR count). The van der Waals surface area contributed by atoms with E-state index in [-0.39, 0.29) is 29.7 Å². The van der Waals surface area contributed by atoms with Crippen molar-refractivity contribution in [2.45, 2.75) is 11.3 Å². The molecule has 0 aromatic heterocycles. The van der Waals surface area contributed by atoms with E-state index in [1.54, 1.807) is 38.4 Å².